The van der Waals surface area contributed by atoms with Gasteiger partial charge in [-0.25, -0.2) is 13.4 Å². The van der Waals surface area contributed by atoms with Gasteiger partial charge in [-0.15, -0.1) is 0 Å². The molecule has 5 rings (SSSR count). The Kier molecular flexibility index (Phi) is 6.34. The van der Waals surface area contributed by atoms with Crippen molar-refractivity contribution in [2.24, 2.45) is 0 Å². The van der Waals surface area contributed by atoms with E-state index < -0.39 is 10.0 Å². The second-order valence-corrected chi connectivity index (χ2v) is 10.5. The minimum atomic E-state index is -3.93. The standard InChI is InChI=1S/C26H28N4O4S/c1-34-23-12-11-21(26(31)29-17-15-28(16-18-29)25-10-4-5-13-27-25)19-24(23)35(32,33)30-14-6-8-20-7-2-3-9-22(20)30/h2-5,7,9-13,19H,6,8,14-18H2,1H3. The zero-order valence-electron chi connectivity index (χ0n) is 19.6. The summed E-state index contributed by atoms with van der Waals surface area (Å²) in [6, 6.07) is 18.0. The van der Waals surface area contributed by atoms with Gasteiger partial charge in [0, 0.05) is 44.5 Å². The lowest BCUT2D eigenvalue weighted by Gasteiger charge is -2.35. The lowest BCUT2D eigenvalue weighted by Crippen LogP contribution is -2.49. The Morgan fingerprint density at radius 2 is 1.71 bits per heavy atom. The molecule has 0 radical (unpaired) electrons. The molecule has 8 nitrogen and oxygen atoms in total. The van der Waals surface area contributed by atoms with Crippen LogP contribution in [0.3, 0.4) is 0 Å². The van der Waals surface area contributed by atoms with E-state index in [9.17, 15) is 13.2 Å². The number of para-hydroxylation sites is 1. The molecular weight excluding hydrogens is 464 g/mol. The van der Waals surface area contributed by atoms with Crippen molar-refractivity contribution < 1.29 is 17.9 Å². The number of amides is 1. The molecule has 35 heavy (non-hydrogen) atoms. The SMILES string of the molecule is COc1ccc(C(=O)N2CCN(c3ccccn3)CC2)cc1S(=O)(=O)N1CCCc2ccccc21. The summed E-state index contributed by atoms with van der Waals surface area (Å²) in [5.74, 6) is 0.924. The fourth-order valence-corrected chi connectivity index (χ4v) is 6.47. The molecule has 9 heteroatoms. The van der Waals surface area contributed by atoms with Crippen LogP contribution in [0.2, 0.25) is 0 Å². The number of hydrogen-bond acceptors (Lipinski definition) is 6. The molecule has 3 aromatic rings. The van der Waals surface area contributed by atoms with E-state index in [1.54, 1.807) is 23.2 Å². The van der Waals surface area contributed by atoms with Crippen LogP contribution < -0.4 is 13.9 Å². The first-order valence-electron chi connectivity index (χ1n) is 11.7. The first kappa shape index (κ1) is 23.2. The van der Waals surface area contributed by atoms with Crippen LogP contribution in [0, 0.1) is 0 Å². The highest BCUT2D eigenvalue weighted by Crippen LogP contribution is 2.35. The summed E-state index contributed by atoms with van der Waals surface area (Å²) in [5.41, 5.74) is 2.02. The van der Waals surface area contributed by atoms with Gasteiger partial charge in [-0.2, -0.15) is 0 Å². The Bertz CT molecular complexity index is 1320. The number of pyridine rings is 1. The molecule has 1 aromatic heterocycles. The monoisotopic (exact) mass is 492 g/mol. The van der Waals surface area contributed by atoms with E-state index in [1.165, 1.54) is 17.5 Å². The van der Waals surface area contributed by atoms with Crippen LogP contribution in [-0.4, -0.2) is 64.0 Å². The van der Waals surface area contributed by atoms with E-state index in [1.807, 2.05) is 42.5 Å². The molecule has 1 saturated heterocycles. The normalized spacial score (nSPS) is 16.1. The first-order valence-corrected chi connectivity index (χ1v) is 13.2. The maximum atomic E-state index is 13.8. The van der Waals surface area contributed by atoms with Gasteiger partial charge in [0.15, 0.2) is 0 Å². The minimum absolute atomic E-state index is 0.00896. The van der Waals surface area contributed by atoms with Crippen molar-refractivity contribution in [2.75, 3.05) is 49.0 Å². The number of carbonyl (C=O) groups excluding carboxylic acids is 1. The van der Waals surface area contributed by atoms with Crippen LogP contribution in [0.15, 0.2) is 71.8 Å². The Morgan fingerprint density at radius 3 is 2.46 bits per heavy atom. The highest BCUT2D eigenvalue weighted by atomic mass is 32.2. The highest BCUT2D eigenvalue weighted by Gasteiger charge is 2.33. The third kappa shape index (κ3) is 4.43. The van der Waals surface area contributed by atoms with Gasteiger partial charge in [0.25, 0.3) is 15.9 Å². The van der Waals surface area contributed by atoms with E-state index in [2.05, 4.69) is 9.88 Å². The second-order valence-electron chi connectivity index (χ2n) is 8.64. The first-order chi connectivity index (χ1) is 17.0. The minimum Gasteiger partial charge on any atom is -0.495 e. The van der Waals surface area contributed by atoms with Crippen molar-refractivity contribution in [1.82, 2.24) is 9.88 Å². The fraction of sp³-hybridized carbons (Fsp3) is 0.308. The van der Waals surface area contributed by atoms with E-state index in [-0.39, 0.29) is 16.6 Å². The second kappa shape index (κ2) is 9.58. The number of fused-ring (bicyclic) bond motifs is 1. The highest BCUT2D eigenvalue weighted by molar-refractivity contribution is 7.93. The summed E-state index contributed by atoms with van der Waals surface area (Å²) in [4.78, 5) is 21.6. The molecule has 1 amide bonds. The third-order valence-corrected chi connectivity index (χ3v) is 8.42. The molecule has 2 aliphatic rings. The summed E-state index contributed by atoms with van der Waals surface area (Å²) in [6.07, 6.45) is 3.33. The molecule has 0 unspecified atom stereocenters. The molecule has 182 valence electrons. The number of sulfonamides is 1. The van der Waals surface area contributed by atoms with Gasteiger partial charge in [-0.1, -0.05) is 24.3 Å². The van der Waals surface area contributed by atoms with E-state index in [0.29, 0.717) is 44.0 Å². The number of piperazine rings is 1. The predicted molar refractivity (Wildman–Crippen MR) is 135 cm³/mol. The summed E-state index contributed by atoms with van der Waals surface area (Å²) >= 11 is 0. The van der Waals surface area contributed by atoms with Crippen molar-refractivity contribution in [3.63, 3.8) is 0 Å². The summed E-state index contributed by atoms with van der Waals surface area (Å²) in [7, 11) is -2.49. The molecule has 0 N–H and O–H groups in total. The summed E-state index contributed by atoms with van der Waals surface area (Å²) < 4.78 is 34.4. The quantitative estimate of drug-likeness (QED) is 0.544. The Labute approximate surface area is 205 Å². The molecule has 2 aromatic carbocycles. The fourth-order valence-electron chi connectivity index (χ4n) is 4.74. The largest absolute Gasteiger partial charge is 0.495 e. The van der Waals surface area contributed by atoms with Crippen molar-refractivity contribution in [1.29, 1.82) is 0 Å². The van der Waals surface area contributed by atoms with Crippen molar-refractivity contribution in [3.8, 4) is 5.75 Å². The molecule has 1 fully saturated rings. The molecule has 3 heterocycles. The number of aryl methyl sites for hydroxylation is 1. The van der Waals surface area contributed by atoms with Crippen LogP contribution >= 0.6 is 0 Å². The predicted octanol–water partition coefficient (Wildman–Crippen LogP) is 3.19. The summed E-state index contributed by atoms with van der Waals surface area (Å²) in [5, 5.41) is 0. The number of hydrogen-bond donors (Lipinski definition) is 0. The van der Waals surface area contributed by atoms with Gasteiger partial charge in [0.2, 0.25) is 0 Å². The van der Waals surface area contributed by atoms with Crippen LogP contribution in [0.25, 0.3) is 0 Å². The van der Waals surface area contributed by atoms with Gasteiger partial charge >= 0.3 is 0 Å². The zero-order valence-corrected chi connectivity index (χ0v) is 20.4. The number of carbonyl (C=O) groups is 1. The zero-order chi connectivity index (χ0) is 24.4. The van der Waals surface area contributed by atoms with E-state index in [0.717, 1.165) is 24.2 Å². The molecular formula is C26H28N4O4S. The number of ether oxygens (including phenoxy) is 1. The van der Waals surface area contributed by atoms with Crippen molar-refractivity contribution in [2.45, 2.75) is 17.7 Å². The number of benzene rings is 2. The average molecular weight is 493 g/mol. The van der Waals surface area contributed by atoms with Gasteiger partial charge in [-0.3, -0.25) is 9.10 Å². The lowest BCUT2D eigenvalue weighted by atomic mass is 10.0. The molecule has 2 aliphatic heterocycles. The van der Waals surface area contributed by atoms with E-state index >= 15 is 0 Å². The molecule has 0 bridgehead atoms. The summed E-state index contributed by atoms with van der Waals surface area (Å²) in [6.45, 7) is 2.77. The van der Waals surface area contributed by atoms with Gasteiger partial charge in [0.05, 0.1) is 12.8 Å². The Morgan fingerprint density at radius 1 is 0.943 bits per heavy atom. The number of methoxy groups -OCH3 is 1. The molecule has 0 saturated carbocycles. The van der Waals surface area contributed by atoms with Gasteiger partial charge < -0.3 is 14.5 Å². The van der Waals surface area contributed by atoms with Gasteiger partial charge in [0.1, 0.15) is 16.5 Å². The average Bonchev–Trinajstić information content (AvgIpc) is 2.92. The topological polar surface area (TPSA) is 83.0 Å². The number of anilines is 2. The Balaban J connectivity index is 1.40. The smallest absolute Gasteiger partial charge is 0.268 e. The van der Waals surface area contributed by atoms with Crippen molar-refractivity contribution >= 4 is 27.4 Å². The molecule has 0 aliphatic carbocycles. The van der Waals surface area contributed by atoms with Crippen molar-refractivity contribution in [3.05, 3.63) is 78.0 Å². The third-order valence-electron chi connectivity index (χ3n) is 6.59. The Hall–Kier alpha value is -3.59. The maximum Gasteiger partial charge on any atom is 0.268 e. The number of nitrogens with zero attached hydrogens (tertiary/aromatic N) is 4. The van der Waals surface area contributed by atoms with Crippen LogP contribution in [-0.2, 0) is 16.4 Å². The van der Waals surface area contributed by atoms with E-state index in [4.69, 9.17) is 4.74 Å². The number of aromatic nitrogens is 1. The maximum absolute atomic E-state index is 13.8. The van der Waals surface area contributed by atoms with Gasteiger partial charge in [-0.05, 0) is 54.8 Å². The van der Waals surface area contributed by atoms with Crippen LogP contribution in [0.4, 0.5) is 11.5 Å². The van der Waals surface area contributed by atoms with Crippen LogP contribution in [0.1, 0.15) is 22.3 Å². The lowest BCUT2D eigenvalue weighted by molar-refractivity contribution is 0.0746. The van der Waals surface area contributed by atoms with Crippen LogP contribution in [0.5, 0.6) is 5.75 Å². The molecule has 0 atom stereocenters. The number of rotatable bonds is 5. The molecule has 0 spiro atoms.